The van der Waals surface area contributed by atoms with Crippen molar-refractivity contribution in [2.45, 2.75) is 19.4 Å². The summed E-state index contributed by atoms with van der Waals surface area (Å²) in [4.78, 5) is 28.5. The lowest BCUT2D eigenvalue weighted by atomic mass is 10.1. The van der Waals surface area contributed by atoms with Gasteiger partial charge in [0, 0.05) is 38.1 Å². The van der Waals surface area contributed by atoms with Crippen molar-refractivity contribution in [3.63, 3.8) is 0 Å². The number of rotatable bonds is 6. The van der Waals surface area contributed by atoms with Gasteiger partial charge in [-0.05, 0) is 23.6 Å². The van der Waals surface area contributed by atoms with E-state index in [1.165, 1.54) is 5.56 Å². The van der Waals surface area contributed by atoms with Gasteiger partial charge in [-0.15, -0.1) is 0 Å². The third-order valence-electron chi connectivity index (χ3n) is 4.82. The summed E-state index contributed by atoms with van der Waals surface area (Å²) in [6.07, 6.45) is 1.10. The molecule has 1 heterocycles. The number of benzene rings is 2. The molecule has 1 fully saturated rings. The summed E-state index contributed by atoms with van der Waals surface area (Å²) in [5.74, 6) is -0.211. The van der Waals surface area contributed by atoms with Crippen molar-refractivity contribution in [3.05, 3.63) is 70.7 Å². The molecule has 26 heavy (non-hydrogen) atoms. The van der Waals surface area contributed by atoms with Crippen LogP contribution in [0.5, 0.6) is 0 Å². The average Bonchev–Trinajstić information content (AvgIpc) is 3.03. The van der Waals surface area contributed by atoms with Gasteiger partial charge in [-0.3, -0.25) is 9.59 Å². The molecular weight excluding hydrogens is 348 g/mol. The molecule has 1 saturated heterocycles. The predicted octanol–water partition coefficient (Wildman–Crippen LogP) is 3.39. The Bertz CT molecular complexity index is 779. The minimum atomic E-state index is -0.272. The highest BCUT2D eigenvalue weighted by Gasteiger charge is 2.35. The molecule has 0 radical (unpaired) electrons. The molecule has 136 valence electrons. The standard InChI is InChI=1S/C21H23ClN2O2/c1-23(14-17-9-5-6-10-19(17)22)21(26)18-13-20(25)24(15-18)12-11-16-7-3-2-4-8-16/h2-10,18H,11-15H2,1H3. The molecule has 2 aromatic carbocycles. The maximum absolute atomic E-state index is 12.7. The SMILES string of the molecule is CN(Cc1ccccc1Cl)C(=O)C1CC(=O)N(CCc2ccccc2)C1. The van der Waals surface area contributed by atoms with Crippen LogP contribution in [0.25, 0.3) is 0 Å². The highest BCUT2D eigenvalue weighted by molar-refractivity contribution is 6.31. The Morgan fingerprint density at radius 1 is 1.15 bits per heavy atom. The van der Waals surface area contributed by atoms with Gasteiger partial charge in [0.25, 0.3) is 0 Å². The van der Waals surface area contributed by atoms with Gasteiger partial charge in [-0.1, -0.05) is 60.1 Å². The maximum Gasteiger partial charge on any atom is 0.228 e. The number of carbonyl (C=O) groups excluding carboxylic acids is 2. The number of hydrogen-bond acceptors (Lipinski definition) is 2. The zero-order chi connectivity index (χ0) is 18.5. The van der Waals surface area contributed by atoms with Crippen molar-refractivity contribution in [3.8, 4) is 0 Å². The zero-order valence-corrected chi connectivity index (χ0v) is 15.7. The van der Waals surface area contributed by atoms with E-state index >= 15 is 0 Å². The van der Waals surface area contributed by atoms with E-state index in [-0.39, 0.29) is 17.7 Å². The highest BCUT2D eigenvalue weighted by Crippen LogP contribution is 2.22. The Hall–Kier alpha value is -2.33. The molecule has 3 rings (SSSR count). The van der Waals surface area contributed by atoms with Crippen LogP contribution in [0.4, 0.5) is 0 Å². The smallest absolute Gasteiger partial charge is 0.228 e. The lowest BCUT2D eigenvalue weighted by Gasteiger charge is -2.22. The molecule has 0 bridgehead atoms. The van der Waals surface area contributed by atoms with Crippen LogP contribution in [0.3, 0.4) is 0 Å². The summed E-state index contributed by atoms with van der Waals surface area (Å²) >= 11 is 6.18. The van der Waals surface area contributed by atoms with Gasteiger partial charge in [0.05, 0.1) is 5.92 Å². The lowest BCUT2D eigenvalue weighted by Crippen LogP contribution is -2.34. The second-order valence-electron chi connectivity index (χ2n) is 6.76. The number of nitrogens with zero attached hydrogens (tertiary/aromatic N) is 2. The quantitative estimate of drug-likeness (QED) is 0.782. The van der Waals surface area contributed by atoms with E-state index in [1.807, 2.05) is 42.5 Å². The second-order valence-corrected chi connectivity index (χ2v) is 7.17. The van der Waals surface area contributed by atoms with Gasteiger partial charge in [0.15, 0.2) is 0 Å². The number of carbonyl (C=O) groups is 2. The van der Waals surface area contributed by atoms with E-state index in [0.717, 1.165) is 12.0 Å². The summed E-state index contributed by atoms with van der Waals surface area (Å²) < 4.78 is 0. The van der Waals surface area contributed by atoms with Gasteiger partial charge in [-0.2, -0.15) is 0 Å². The first-order valence-electron chi connectivity index (χ1n) is 8.84. The molecule has 0 N–H and O–H groups in total. The van der Waals surface area contributed by atoms with E-state index in [4.69, 9.17) is 11.6 Å². The molecule has 1 atom stereocenters. The van der Waals surface area contributed by atoms with Crippen LogP contribution in [-0.4, -0.2) is 41.8 Å². The first kappa shape index (κ1) is 18.5. The zero-order valence-electron chi connectivity index (χ0n) is 14.9. The third-order valence-corrected chi connectivity index (χ3v) is 5.19. The third kappa shape index (κ3) is 4.44. The predicted molar refractivity (Wildman–Crippen MR) is 103 cm³/mol. The number of amides is 2. The van der Waals surface area contributed by atoms with Crippen LogP contribution in [0.15, 0.2) is 54.6 Å². The molecule has 0 spiro atoms. The fourth-order valence-corrected chi connectivity index (χ4v) is 3.53. The van der Waals surface area contributed by atoms with Gasteiger partial charge in [-0.25, -0.2) is 0 Å². The van der Waals surface area contributed by atoms with Crippen molar-refractivity contribution in [1.29, 1.82) is 0 Å². The summed E-state index contributed by atoms with van der Waals surface area (Å²) in [5.41, 5.74) is 2.11. The molecule has 5 heteroatoms. The Balaban J connectivity index is 1.55. The summed E-state index contributed by atoms with van der Waals surface area (Å²) in [6, 6.07) is 17.6. The minimum Gasteiger partial charge on any atom is -0.342 e. The van der Waals surface area contributed by atoms with Gasteiger partial charge >= 0.3 is 0 Å². The fourth-order valence-electron chi connectivity index (χ4n) is 3.33. The van der Waals surface area contributed by atoms with Gasteiger partial charge in [0.2, 0.25) is 11.8 Å². The first-order chi connectivity index (χ1) is 12.5. The van der Waals surface area contributed by atoms with Crippen LogP contribution >= 0.6 is 11.6 Å². The Kier molecular flexibility index (Phi) is 5.94. The highest BCUT2D eigenvalue weighted by atomic mass is 35.5. The van der Waals surface area contributed by atoms with Crippen molar-refractivity contribution < 1.29 is 9.59 Å². The second kappa shape index (κ2) is 8.37. The van der Waals surface area contributed by atoms with E-state index in [1.54, 1.807) is 16.8 Å². The summed E-state index contributed by atoms with van der Waals surface area (Å²) in [6.45, 7) is 1.60. The van der Waals surface area contributed by atoms with Crippen LogP contribution in [0.2, 0.25) is 5.02 Å². The van der Waals surface area contributed by atoms with Crippen molar-refractivity contribution in [1.82, 2.24) is 9.80 Å². The molecule has 1 unspecified atom stereocenters. The topological polar surface area (TPSA) is 40.6 Å². The van der Waals surface area contributed by atoms with Gasteiger partial charge < -0.3 is 9.80 Å². The van der Waals surface area contributed by atoms with Crippen molar-refractivity contribution in [2.24, 2.45) is 5.92 Å². The Morgan fingerprint density at radius 3 is 2.58 bits per heavy atom. The number of hydrogen-bond donors (Lipinski definition) is 0. The van der Waals surface area contributed by atoms with Crippen molar-refractivity contribution in [2.75, 3.05) is 20.1 Å². The maximum atomic E-state index is 12.7. The fraction of sp³-hybridized carbons (Fsp3) is 0.333. The van der Waals surface area contributed by atoms with E-state index in [0.29, 0.717) is 31.1 Å². The van der Waals surface area contributed by atoms with Crippen LogP contribution < -0.4 is 0 Å². The molecule has 4 nitrogen and oxygen atoms in total. The van der Waals surface area contributed by atoms with E-state index in [2.05, 4.69) is 12.1 Å². The van der Waals surface area contributed by atoms with Crippen LogP contribution in [0, 0.1) is 5.92 Å². The summed E-state index contributed by atoms with van der Waals surface area (Å²) in [5, 5.41) is 0.652. The molecule has 0 aliphatic carbocycles. The lowest BCUT2D eigenvalue weighted by molar-refractivity contribution is -0.135. The Labute approximate surface area is 159 Å². The molecule has 1 aliphatic rings. The van der Waals surface area contributed by atoms with E-state index < -0.39 is 0 Å². The monoisotopic (exact) mass is 370 g/mol. The first-order valence-corrected chi connectivity index (χ1v) is 9.22. The van der Waals surface area contributed by atoms with E-state index in [9.17, 15) is 9.59 Å². The molecule has 0 aromatic heterocycles. The normalized spacial score (nSPS) is 16.8. The summed E-state index contributed by atoms with van der Waals surface area (Å²) in [7, 11) is 1.77. The van der Waals surface area contributed by atoms with Crippen LogP contribution in [-0.2, 0) is 22.6 Å². The largest absolute Gasteiger partial charge is 0.342 e. The minimum absolute atomic E-state index is 0.000445. The molecule has 2 aromatic rings. The molecule has 2 amide bonds. The number of likely N-dealkylation sites (tertiary alicyclic amines) is 1. The number of halogens is 1. The molecule has 0 saturated carbocycles. The molecule has 1 aliphatic heterocycles. The van der Waals surface area contributed by atoms with Crippen molar-refractivity contribution >= 4 is 23.4 Å². The van der Waals surface area contributed by atoms with Crippen LogP contribution in [0.1, 0.15) is 17.5 Å². The van der Waals surface area contributed by atoms with Gasteiger partial charge in [0.1, 0.15) is 0 Å². The average molecular weight is 371 g/mol. The molecular formula is C21H23ClN2O2. The Morgan fingerprint density at radius 2 is 1.85 bits per heavy atom.